The van der Waals surface area contributed by atoms with E-state index in [1.807, 2.05) is 0 Å². The van der Waals surface area contributed by atoms with Crippen LogP contribution in [0.4, 0.5) is 0 Å². The Balaban J connectivity index is 1.10. The lowest BCUT2D eigenvalue weighted by Gasteiger charge is -2.45. The molecule has 6 aliphatic rings. The second-order valence-electron chi connectivity index (χ2n) is 15.0. The van der Waals surface area contributed by atoms with Crippen LogP contribution in [-0.2, 0) is 5.41 Å². The first-order chi connectivity index (χ1) is 22.0. The lowest BCUT2D eigenvalue weighted by Crippen LogP contribution is -2.61. The van der Waals surface area contributed by atoms with Crippen LogP contribution in [0.15, 0.2) is 126 Å². The molecule has 1 saturated heterocycles. The van der Waals surface area contributed by atoms with Crippen molar-refractivity contribution in [2.75, 3.05) is 0 Å². The molecule has 0 aromatic heterocycles. The molecule has 3 N–H and O–H groups in total. The van der Waals surface area contributed by atoms with E-state index in [1.165, 1.54) is 55.2 Å². The molecule has 0 amide bonds. The van der Waals surface area contributed by atoms with Crippen molar-refractivity contribution in [2.45, 2.75) is 76.3 Å². The Morgan fingerprint density at radius 3 is 1.98 bits per heavy atom. The molecule has 1 spiro atoms. The molecule has 3 heteroatoms. The Labute approximate surface area is 268 Å². The molecule has 3 fully saturated rings. The first-order valence-electron chi connectivity index (χ1n) is 17.4. The molecule has 1 aliphatic heterocycles. The SMILES string of the molecule is CC1(C)C2CC3=C(C=C2C2C=CC=C(C4NC(c5ccccc5)NC(c5ccccc5)N4)C21)C1(CCCCC1)c1ccccc13. The fraction of sp³-hybridized carbons (Fsp3) is 0.381. The van der Waals surface area contributed by atoms with Gasteiger partial charge >= 0.3 is 0 Å². The van der Waals surface area contributed by atoms with Gasteiger partial charge in [-0.15, -0.1) is 0 Å². The van der Waals surface area contributed by atoms with Crippen molar-refractivity contribution in [3.05, 3.63) is 148 Å². The van der Waals surface area contributed by atoms with Crippen molar-refractivity contribution in [1.82, 2.24) is 16.0 Å². The highest BCUT2D eigenvalue weighted by atomic mass is 15.4. The van der Waals surface area contributed by atoms with Crippen molar-refractivity contribution >= 4 is 5.57 Å². The van der Waals surface area contributed by atoms with Gasteiger partial charge in [-0.2, -0.15) is 0 Å². The molecule has 1 heterocycles. The number of rotatable bonds is 3. The molecule has 5 atom stereocenters. The van der Waals surface area contributed by atoms with Gasteiger partial charge in [0.25, 0.3) is 0 Å². The molecular weight excluding hydrogens is 546 g/mol. The summed E-state index contributed by atoms with van der Waals surface area (Å²) in [6, 6.07) is 31.2. The molecule has 228 valence electrons. The normalized spacial score (nSPS) is 32.3. The maximum atomic E-state index is 4.02. The molecule has 3 aromatic carbocycles. The van der Waals surface area contributed by atoms with Crippen molar-refractivity contribution in [2.24, 2.45) is 23.2 Å². The van der Waals surface area contributed by atoms with Gasteiger partial charge in [0.1, 0.15) is 0 Å². The summed E-state index contributed by atoms with van der Waals surface area (Å²) in [6.45, 7) is 5.13. The van der Waals surface area contributed by atoms with Crippen molar-refractivity contribution in [1.29, 1.82) is 0 Å². The Kier molecular flexibility index (Phi) is 6.50. The molecular formula is C42H45N3. The third-order valence-electron chi connectivity index (χ3n) is 12.4. The van der Waals surface area contributed by atoms with Crippen molar-refractivity contribution in [3.63, 3.8) is 0 Å². The summed E-state index contributed by atoms with van der Waals surface area (Å²) in [4.78, 5) is 0. The molecule has 3 aromatic rings. The monoisotopic (exact) mass is 591 g/mol. The highest BCUT2D eigenvalue weighted by Crippen LogP contribution is 2.66. The minimum absolute atomic E-state index is 0.0482. The summed E-state index contributed by atoms with van der Waals surface area (Å²) in [6.07, 6.45) is 18.1. The number of hydrogen-bond donors (Lipinski definition) is 3. The van der Waals surface area contributed by atoms with Crippen LogP contribution in [0.1, 0.15) is 87.0 Å². The number of hydrogen-bond acceptors (Lipinski definition) is 3. The van der Waals surface area contributed by atoms with E-state index in [-0.39, 0.29) is 29.3 Å². The van der Waals surface area contributed by atoms with E-state index in [1.54, 1.807) is 27.8 Å². The smallest absolute Gasteiger partial charge is 0.0864 e. The van der Waals surface area contributed by atoms with E-state index < -0.39 is 0 Å². The second-order valence-corrected chi connectivity index (χ2v) is 15.0. The first kappa shape index (κ1) is 27.8. The van der Waals surface area contributed by atoms with Crippen LogP contribution >= 0.6 is 0 Å². The van der Waals surface area contributed by atoms with Gasteiger partial charge < -0.3 is 0 Å². The zero-order valence-electron chi connectivity index (χ0n) is 26.6. The summed E-state index contributed by atoms with van der Waals surface area (Å²) in [7, 11) is 0. The van der Waals surface area contributed by atoms with Crippen LogP contribution in [0.2, 0.25) is 0 Å². The van der Waals surface area contributed by atoms with E-state index in [0.717, 1.165) is 0 Å². The number of nitrogens with one attached hydrogen (secondary N) is 3. The van der Waals surface area contributed by atoms with Gasteiger partial charge in [-0.05, 0) is 75.5 Å². The topological polar surface area (TPSA) is 36.1 Å². The van der Waals surface area contributed by atoms with E-state index in [4.69, 9.17) is 0 Å². The lowest BCUT2D eigenvalue weighted by molar-refractivity contribution is 0.166. The quantitative estimate of drug-likeness (QED) is 0.285. The van der Waals surface area contributed by atoms with Crippen LogP contribution in [0.3, 0.4) is 0 Å². The van der Waals surface area contributed by atoms with Gasteiger partial charge in [-0.3, -0.25) is 16.0 Å². The largest absolute Gasteiger partial charge is 0.279 e. The Bertz CT molecular complexity index is 1690. The van der Waals surface area contributed by atoms with Crippen LogP contribution in [0.25, 0.3) is 5.57 Å². The van der Waals surface area contributed by atoms with Crippen LogP contribution in [-0.4, -0.2) is 6.17 Å². The van der Waals surface area contributed by atoms with Gasteiger partial charge in [0.2, 0.25) is 0 Å². The summed E-state index contributed by atoms with van der Waals surface area (Å²) >= 11 is 0. The van der Waals surface area contributed by atoms with Crippen LogP contribution in [0, 0.1) is 23.2 Å². The Hall–Kier alpha value is -3.50. The van der Waals surface area contributed by atoms with Gasteiger partial charge in [0.15, 0.2) is 0 Å². The molecule has 3 nitrogen and oxygen atoms in total. The summed E-state index contributed by atoms with van der Waals surface area (Å²) in [5.41, 5.74) is 12.6. The summed E-state index contributed by atoms with van der Waals surface area (Å²) in [5.74, 6) is 1.42. The number of benzene rings is 3. The van der Waals surface area contributed by atoms with Crippen LogP contribution < -0.4 is 16.0 Å². The molecule has 0 bridgehead atoms. The average Bonchev–Trinajstić information content (AvgIpc) is 3.49. The second kappa shape index (κ2) is 10.5. The third kappa shape index (κ3) is 4.20. The predicted molar refractivity (Wildman–Crippen MR) is 184 cm³/mol. The van der Waals surface area contributed by atoms with E-state index in [2.05, 4.69) is 139 Å². The molecule has 5 aliphatic carbocycles. The fourth-order valence-electron chi connectivity index (χ4n) is 10.4. The zero-order valence-corrected chi connectivity index (χ0v) is 26.6. The van der Waals surface area contributed by atoms with Gasteiger partial charge in [-0.1, -0.05) is 148 Å². The molecule has 9 rings (SSSR count). The van der Waals surface area contributed by atoms with Crippen molar-refractivity contribution in [3.8, 4) is 0 Å². The molecule has 5 unspecified atom stereocenters. The Morgan fingerprint density at radius 1 is 0.667 bits per heavy atom. The maximum Gasteiger partial charge on any atom is 0.0864 e. The van der Waals surface area contributed by atoms with Gasteiger partial charge in [0.05, 0.1) is 18.5 Å². The third-order valence-corrected chi connectivity index (χ3v) is 12.4. The highest BCUT2D eigenvalue weighted by Gasteiger charge is 2.57. The van der Waals surface area contributed by atoms with E-state index in [9.17, 15) is 0 Å². The average molecular weight is 592 g/mol. The number of fused-ring (bicyclic) bond motifs is 7. The van der Waals surface area contributed by atoms with Crippen molar-refractivity contribution < 1.29 is 0 Å². The minimum atomic E-state index is 0.0482. The molecule has 2 saturated carbocycles. The van der Waals surface area contributed by atoms with Crippen LogP contribution in [0.5, 0.6) is 0 Å². The fourth-order valence-corrected chi connectivity index (χ4v) is 10.4. The van der Waals surface area contributed by atoms with E-state index >= 15 is 0 Å². The van der Waals surface area contributed by atoms with Gasteiger partial charge in [0, 0.05) is 11.3 Å². The van der Waals surface area contributed by atoms with Gasteiger partial charge in [-0.25, -0.2) is 0 Å². The first-order valence-corrected chi connectivity index (χ1v) is 17.4. The number of allylic oxidation sites excluding steroid dienone is 7. The molecule has 45 heavy (non-hydrogen) atoms. The molecule has 0 radical (unpaired) electrons. The zero-order chi connectivity index (χ0) is 30.2. The standard InChI is InChI=1S/C42H45N3/c1-41(2)35-25-32-29-19-10-11-22-34(29)42(23-12-5-13-24-42)36(32)26-33(35)30-20-14-21-31(37(30)41)40-44-38(27-15-6-3-7-16-27)43-39(45-40)28-17-8-4-9-18-28/h3-4,6-11,14-22,26,30,35,37-40,43-45H,5,12-13,23-25H2,1-2H3. The Morgan fingerprint density at radius 2 is 1.29 bits per heavy atom. The minimum Gasteiger partial charge on any atom is -0.279 e. The summed E-state index contributed by atoms with van der Waals surface area (Å²) < 4.78 is 0. The highest BCUT2D eigenvalue weighted by molar-refractivity contribution is 5.85. The summed E-state index contributed by atoms with van der Waals surface area (Å²) in [5, 5.41) is 11.9. The predicted octanol–water partition coefficient (Wildman–Crippen LogP) is 8.88. The van der Waals surface area contributed by atoms with E-state index in [0.29, 0.717) is 17.8 Å². The lowest BCUT2D eigenvalue weighted by atomic mass is 9.64. The maximum absolute atomic E-state index is 4.02.